The first-order chi connectivity index (χ1) is 25.8. The lowest BCUT2D eigenvalue weighted by atomic mass is 10.1. The molecule has 0 heterocycles. The minimum atomic E-state index is -4.52. The second-order valence-electron chi connectivity index (χ2n) is 13.3. The lowest BCUT2D eigenvalue weighted by Crippen LogP contribution is -2.29. The zero-order valence-corrected chi connectivity index (χ0v) is 34.1. The molecular formula is C43H75O9P. The molecule has 306 valence electrons. The Labute approximate surface area is 322 Å². The molecule has 3 N–H and O–H groups in total. The average molecular weight is 767 g/mol. The van der Waals surface area contributed by atoms with Crippen LogP contribution in [0, 0.1) is 0 Å². The zero-order chi connectivity index (χ0) is 38.9. The minimum Gasteiger partial charge on any atom is -0.457 e. The second kappa shape index (κ2) is 39.6. The Bertz CT molecular complexity index is 1050. The maximum Gasteiger partial charge on any atom is 0.472 e. The van der Waals surface area contributed by atoms with E-state index >= 15 is 0 Å². The van der Waals surface area contributed by atoms with Crippen LogP contribution in [-0.4, -0.2) is 66.3 Å². The molecule has 0 amide bonds. The van der Waals surface area contributed by atoms with Crippen molar-refractivity contribution in [3.63, 3.8) is 0 Å². The van der Waals surface area contributed by atoms with Crippen LogP contribution in [-0.2, 0) is 27.9 Å². The third kappa shape index (κ3) is 39.4. The van der Waals surface area contributed by atoms with Crippen LogP contribution in [0.15, 0.2) is 72.9 Å². The van der Waals surface area contributed by atoms with E-state index in [-0.39, 0.29) is 19.6 Å². The standard InChI is InChI=1S/C43H75O9P/c1-3-5-7-9-11-13-14-15-16-17-18-19-20-21-22-23-24-25-26-27-28-30-32-34-36-49-39-42(40-51-53(47,48)50-38-41(45)37-44)52-43(46)35-33-31-29-12-10-8-6-4-2/h5,7,11,13,15-16,18-19,21-22,24-25,41-42,44-45H,3-4,6,8-10,12,14,17,20,23,26-40H2,1-2H3,(H,47,48)/b7-5-,13-11-,16-15-,19-18-,22-21-,25-24-. The Morgan fingerprint density at radius 2 is 1.08 bits per heavy atom. The number of carbonyl (C=O) groups excluding carboxylic acids is 1. The van der Waals surface area contributed by atoms with Crippen LogP contribution in [0.5, 0.6) is 0 Å². The van der Waals surface area contributed by atoms with Gasteiger partial charge < -0.3 is 24.6 Å². The van der Waals surface area contributed by atoms with Gasteiger partial charge in [-0.2, -0.15) is 0 Å². The number of phosphoric ester groups is 1. The van der Waals surface area contributed by atoms with Gasteiger partial charge in [-0.3, -0.25) is 13.8 Å². The first kappa shape index (κ1) is 50.9. The van der Waals surface area contributed by atoms with Crippen LogP contribution < -0.4 is 0 Å². The number of phosphoric acid groups is 1. The molecule has 53 heavy (non-hydrogen) atoms. The number of hydrogen-bond acceptors (Lipinski definition) is 8. The molecule has 0 aromatic heterocycles. The van der Waals surface area contributed by atoms with Crippen LogP contribution >= 0.6 is 7.82 Å². The van der Waals surface area contributed by atoms with Crippen molar-refractivity contribution >= 4 is 13.8 Å². The molecule has 0 fully saturated rings. The summed E-state index contributed by atoms with van der Waals surface area (Å²) in [4.78, 5) is 22.4. The molecule has 0 bridgehead atoms. The Morgan fingerprint density at radius 1 is 0.604 bits per heavy atom. The Hall–Kier alpha value is -2.10. The van der Waals surface area contributed by atoms with Crippen LogP contribution in [0.4, 0.5) is 0 Å². The van der Waals surface area contributed by atoms with E-state index in [0.29, 0.717) is 6.61 Å². The van der Waals surface area contributed by atoms with Crippen molar-refractivity contribution in [2.45, 2.75) is 161 Å². The summed E-state index contributed by atoms with van der Waals surface area (Å²) in [5.74, 6) is -0.399. The van der Waals surface area contributed by atoms with E-state index in [1.165, 1.54) is 32.1 Å². The van der Waals surface area contributed by atoms with Gasteiger partial charge in [-0.25, -0.2) is 4.57 Å². The molecule has 9 nitrogen and oxygen atoms in total. The molecule has 0 radical (unpaired) electrons. The van der Waals surface area contributed by atoms with Gasteiger partial charge >= 0.3 is 13.8 Å². The molecule has 0 saturated heterocycles. The summed E-state index contributed by atoms with van der Waals surface area (Å²) in [6.45, 7) is 3.29. The number of rotatable bonds is 38. The van der Waals surface area contributed by atoms with Crippen LogP contribution in [0.3, 0.4) is 0 Å². The second-order valence-corrected chi connectivity index (χ2v) is 14.7. The number of esters is 1. The lowest BCUT2D eigenvalue weighted by Gasteiger charge is -2.20. The monoisotopic (exact) mass is 767 g/mol. The number of carbonyl (C=O) groups is 1. The first-order valence-electron chi connectivity index (χ1n) is 20.4. The van der Waals surface area contributed by atoms with Crippen LogP contribution in [0.25, 0.3) is 0 Å². The topological polar surface area (TPSA) is 132 Å². The van der Waals surface area contributed by atoms with E-state index in [4.69, 9.17) is 23.6 Å². The summed E-state index contributed by atoms with van der Waals surface area (Å²) < 4.78 is 33.2. The highest BCUT2D eigenvalue weighted by Gasteiger charge is 2.26. The molecule has 0 rings (SSSR count). The maximum absolute atomic E-state index is 12.5. The fourth-order valence-electron chi connectivity index (χ4n) is 5.06. The van der Waals surface area contributed by atoms with E-state index < -0.39 is 39.2 Å². The third-order valence-corrected chi connectivity index (χ3v) is 9.11. The predicted molar refractivity (Wildman–Crippen MR) is 219 cm³/mol. The molecule has 10 heteroatoms. The van der Waals surface area contributed by atoms with Crippen molar-refractivity contribution in [1.29, 1.82) is 0 Å². The van der Waals surface area contributed by atoms with E-state index in [0.717, 1.165) is 96.3 Å². The smallest absolute Gasteiger partial charge is 0.457 e. The van der Waals surface area contributed by atoms with Crippen molar-refractivity contribution < 1.29 is 43.0 Å². The van der Waals surface area contributed by atoms with Gasteiger partial charge in [0.15, 0.2) is 0 Å². The number of aliphatic hydroxyl groups excluding tert-OH is 2. The van der Waals surface area contributed by atoms with Crippen molar-refractivity contribution in [2.24, 2.45) is 0 Å². The predicted octanol–water partition coefficient (Wildman–Crippen LogP) is 11.0. The van der Waals surface area contributed by atoms with Gasteiger partial charge in [0.2, 0.25) is 0 Å². The Morgan fingerprint density at radius 3 is 1.62 bits per heavy atom. The summed E-state index contributed by atoms with van der Waals surface area (Å²) in [7, 11) is -4.52. The summed E-state index contributed by atoms with van der Waals surface area (Å²) in [6, 6.07) is 0. The van der Waals surface area contributed by atoms with E-state index in [1.54, 1.807) is 0 Å². The molecule has 0 aromatic rings. The molecule has 0 aliphatic rings. The normalized spacial score (nSPS) is 14.9. The number of hydrogen-bond donors (Lipinski definition) is 3. The summed E-state index contributed by atoms with van der Waals surface area (Å²) in [5, 5.41) is 18.3. The van der Waals surface area contributed by atoms with Crippen molar-refractivity contribution in [3.05, 3.63) is 72.9 Å². The fourth-order valence-corrected chi connectivity index (χ4v) is 5.85. The van der Waals surface area contributed by atoms with Crippen molar-refractivity contribution in [3.8, 4) is 0 Å². The van der Waals surface area contributed by atoms with E-state index in [1.807, 2.05) is 0 Å². The minimum absolute atomic E-state index is 0.0329. The van der Waals surface area contributed by atoms with Gasteiger partial charge in [0, 0.05) is 13.0 Å². The number of aliphatic hydroxyl groups is 2. The SMILES string of the molecule is CC/C=C\C/C=C\C/C=C\C/C=C\C/C=C\C/C=C\CCCCCCCOCC(COP(=O)(O)OCC(O)CO)OC(=O)CCCCCCCCCC. The van der Waals surface area contributed by atoms with Crippen molar-refractivity contribution in [1.82, 2.24) is 0 Å². The quantitative estimate of drug-likeness (QED) is 0.0243. The van der Waals surface area contributed by atoms with Crippen LogP contribution in [0.2, 0.25) is 0 Å². The average Bonchev–Trinajstić information content (AvgIpc) is 3.15. The van der Waals surface area contributed by atoms with Gasteiger partial charge in [-0.1, -0.05) is 151 Å². The van der Waals surface area contributed by atoms with E-state index in [2.05, 4.69) is 86.8 Å². The molecule has 0 aliphatic carbocycles. The molecule has 0 spiro atoms. The summed E-state index contributed by atoms with van der Waals surface area (Å²) >= 11 is 0. The highest BCUT2D eigenvalue weighted by Crippen LogP contribution is 2.43. The molecular weight excluding hydrogens is 691 g/mol. The van der Waals surface area contributed by atoms with Gasteiger partial charge in [0.1, 0.15) is 12.2 Å². The molecule has 0 aromatic carbocycles. The molecule has 3 unspecified atom stereocenters. The number of unbranched alkanes of at least 4 members (excludes halogenated alkanes) is 12. The number of ether oxygens (including phenoxy) is 2. The first-order valence-corrected chi connectivity index (χ1v) is 21.9. The van der Waals surface area contributed by atoms with Gasteiger partial charge in [0.25, 0.3) is 0 Å². The lowest BCUT2D eigenvalue weighted by molar-refractivity contribution is -0.154. The highest BCUT2D eigenvalue weighted by molar-refractivity contribution is 7.47. The fraction of sp³-hybridized carbons (Fsp3) is 0.698. The molecule has 0 saturated carbocycles. The number of allylic oxidation sites excluding steroid dienone is 12. The van der Waals surface area contributed by atoms with Gasteiger partial charge in [-0.15, -0.1) is 0 Å². The summed E-state index contributed by atoms with van der Waals surface area (Å²) in [5.41, 5.74) is 0. The zero-order valence-electron chi connectivity index (χ0n) is 33.2. The van der Waals surface area contributed by atoms with Gasteiger partial charge in [-0.05, 0) is 64.2 Å². The Kier molecular flexibility index (Phi) is 38.0. The maximum atomic E-state index is 12.5. The Balaban J connectivity index is 4.14. The van der Waals surface area contributed by atoms with Crippen LogP contribution in [0.1, 0.15) is 149 Å². The molecule has 3 atom stereocenters. The van der Waals surface area contributed by atoms with Crippen molar-refractivity contribution in [2.75, 3.05) is 33.0 Å². The van der Waals surface area contributed by atoms with Gasteiger partial charge in [0.05, 0.1) is 26.4 Å². The third-order valence-electron chi connectivity index (χ3n) is 8.16. The molecule has 0 aliphatic heterocycles. The summed E-state index contributed by atoms with van der Waals surface area (Å²) in [6.07, 6.45) is 45.9. The largest absolute Gasteiger partial charge is 0.472 e. The van der Waals surface area contributed by atoms with E-state index in [9.17, 15) is 19.4 Å². The highest BCUT2D eigenvalue weighted by atomic mass is 31.2.